The fourth-order valence-electron chi connectivity index (χ4n) is 5.07. The van der Waals surface area contributed by atoms with Crippen molar-refractivity contribution < 1.29 is 9.59 Å². The molecule has 0 spiro atoms. The standard InChI is InChI=1S/C24H31N7O2/c32-23(30-13-11-29(12-14-30)22-7-1-2-9-26-22)19-6-4-10-31(17-19)24(33)21-15-20(27-28-21)18-5-3-8-25-16-18/h1-3,5,7-9,16,19-21,27-28H,4,6,10-15,17H2. The Bertz CT molecular complexity index is 950. The van der Waals surface area contributed by atoms with Crippen LogP contribution in [0.2, 0.25) is 0 Å². The van der Waals surface area contributed by atoms with Gasteiger partial charge in [-0.25, -0.2) is 15.8 Å². The lowest BCUT2D eigenvalue weighted by molar-refractivity contribution is -0.142. The van der Waals surface area contributed by atoms with E-state index in [0.717, 1.165) is 37.3 Å². The van der Waals surface area contributed by atoms with E-state index < -0.39 is 0 Å². The summed E-state index contributed by atoms with van der Waals surface area (Å²) < 4.78 is 0. The van der Waals surface area contributed by atoms with Crippen LogP contribution in [0.4, 0.5) is 5.82 Å². The monoisotopic (exact) mass is 449 g/mol. The molecular weight excluding hydrogens is 418 g/mol. The molecule has 9 nitrogen and oxygen atoms in total. The van der Waals surface area contributed by atoms with Crippen LogP contribution < -0.4 is 15.8 Å². The first-order valence-corrected chi connectivity index (χ1v) is 11.8. The molecule has 3 aliphatic rings. The lowest BCUT2D eigenvalue weighted by Crippen LogP contribution is -2.54. The van der Waals surface area contributed by atoms with Gasteiger partial charge in [0.15, 0.2) is 0 Å². The third kappa shape index (κ3) is 4.84. The van der Waals surface area contributed by atoms with Gasteiger partial charge in [0.1, 0.15) is 11.9 Å². The number of anilines is 1. The highest BCUT2D eigenvalue weighted by Crippen LogP contribution is 2.25. The zero-order valence-corrected chi connectivity index (χ0v) is 18.8. The number of amides is 2. The van der Waals surface area contributed by atoms with E-state index in [1.807, 2.05) is 46.3 Å². The molecule has 5 heterocycles. The van der Waals surface area contributed by atoms with E-state index in [-0.39, 0.29) is 29.8 Å². The number of hydrazine groups is 1. The van der Waals surface area contributed by atoms with E-state index in [4.69, 9.17) is 0 Å². The van der Waals surface area contributed by atoms with Gasteiger partial charge in [0.05, 0.1) is 5.92 Å². The average molecular weight is 450 g/mol. The maximum atomic E-state index is 13.2. The van der Waals surface area contributed by atoms with E-state index in [0.29, 0.717) is 32.6 Å². The van der Waals surface area contributed by atoms with Crippen LogP contribution in [0.1, 0.15) is 30.9 Å². The highest BCUT2D eigenvalue weighted by molar-refractivity contribution is 5.84. The highest BCUT2D eigenvalue weighted by Gasteiger charge is 2.37. The maximum absolute atomic E-state index is 13.2. The van der Waals surface area contributed by atoms with Crippen LogP contribution in [0, 0.1) is 5.92 Å². The van der Waals surface area contributed by atoms with Crippen molar-refractivity contribution in [3.63, 3.8) is 0 Å². The third-order valence-corrected chi connectivity index (χ3v) is 6.94. The Morgan fingerprint density at radius 1 is 0.909 bits per heavy atom. The van der Waals surface area contributed by atoms with Crippen molar-refractivity contribution >= 4 is 17.6 Å². The fourth-order valence-corrected chi connectivity index (χ4v) is 5.07. The van der Waals surface area contributed by atoms with Gasteiger partial charge in [-0.2, -0.15) is 0 Å². The van der Waals surface area contributed by atoms with E-state index in [1.165, 1.54) is 0 Å². The van der Waals surface area contributed by atoms with E-state index in [9.17, 15) is 9.59 Å². The molecule has 2 N–H and O–H groups in total. The summed E-state index contributed by atoms with van der Waals surface area (Å²) in [5.74, 6) is 1.10. The number of piperidine rings is 1. The Morgan fingerprint density at radius 2 is 1.79 bits per heavy atom. The van der Waals surface area contributed by atoms with Gasteiger partial charge in [-0.15, -0.1) is 0 Å². The second-order valence-electron chi connectivity index (χ2n) is 9.04. The summed E-state index contributed by atoms with van der Waals surface area (Å²) in [7, 11) is 0. The van der Waals surface area contributed by atoms with Crippen LogP contribution in [-0.4, -0.2) is 76.9 Å². The summed E-state index contributed by atoms with van der Waals surface area (Å²) in [6.07, 6.45) is 7.76. The Balaban J connectivity index is 1.14. The smallest absolute Gasteiger partial charge is 0.241 e. The number of hydrogen-bond donors (Lipinski definition) is 2. The van der Waals surface area contributed by atoms with Gasteiger partial charge in [-0.3, -0.25) is 14.6 Å². The molecule has 2 amide bonds. The number of pyridine rings is 2. The van der Waals surface area contributed by atoms with Crippen molar-refractivity contribution in [2.75, 3.05) is 44.2 Å². The molecule has 33 heavy (non-hydrogen) atoms. The first-order chi connectivity index (χ1) is 16.2. The fraction of sp³-hybridized carbons (Fsp3) is 0.500. The van der Waals surface area contributed by atoms with Crippen molar-refractivity contribution in [2.24, 2.45) is 5.92 Å². The average Bonchev–Trinajstić information content (AvgIpc) is 3.39. The van der Waals surface area contributed by atoms with Crippen molar-refractivity contribution in [3.05, 3.63) is 54.5 Å². The molecule has 0 aliphatic carbocycles. The highest BCUT2D eigenvalue weighted by atomic mass is 16.2. The Labute approximate surface area is 194 Å². The van der Waals surface area contributed by atoms with Crippen LogP contribution in [0.3, 0.4) is 0 Å². The SMILES string of the molecule is O=C(C1CCCN(C(=O)C2CC(c3cccnc3)NN2)C1)N1CCN(c2ccccn2)CC1. The van der Waals surface area contributed by atoms with Gasteiger partial charge < -0.3 is 14.7 Å². The molecule has 0 bridgehead atoms. The summed E-state index contributed by atoms with van der Waals surface area (Å²) in [5, 5.41) is 0. The third-order valence-electron chi connectivity index (χ3n) is 6.94. The summed E-state index contributed by atoms with van der Waals surface area (Å²) in [4.78, 5) is 41.1. The van der Waals surface area contributed by atoms with Crippen LogP contribution in [0.5, 0.6) is 0 Å². The van der Waals surface area contributed by atoms with Gasteiger partial charge in [0, 0.05) is 63.9 Å². The number of carbonyl (C=O) groups excluding carboxylic acids is 2. The second kappa shape index (κ2) is 9.84. The molecule has 3 aliphatic heterocycles. The summed E-state index contributed by atoms with van der Waals surface area (Å²) in [6.45, 7) is 4.18. The molecular formula is C24H31N7O2. The summed E-state index contributed by atoms with van der Waals surface area (Å²) in [6, 6.07) is 9.60. The largest absolute Gasteiger partial charge is 0.353 e. The molecule has 5 rings (SSSR count). The Hall–Kier alpha value is -3.04. The molecule has 3 saturated heterocycles. The summed E-state index contributed by atoms with van der Waals surface area (Å²) >= 11 is 0. The molecule has 3 fully saturated rings. The zero-order chi connectivity index (χ0) is 22.6. The van der Waals surface area contributed by atoms with Crippen LogP contribution in [0.25, 0.3) is 0 Å². The molecule has 2 aromatic heterocycles. The predicted octanol–water partition coefficient (Wildman–Crippen LogP) is 0.972. The molecule has 9 heteroatoms. The number of aromatic nitrogens is 2. The Morgan fingerprint density at radius 3 is 2.55 bits per heavy atom. The summed E-state index contributed by atoms with van der Waals surface area (Å²) in [5.41, 5.74) is 7.44. The van der Waals surface area contributed by atoms with E-state index in [2.05, 4.69) is 25.7 Å². The molecule has 0 aromatic carbocycles. The number of likely N-dealkylation sites (tertiary alicyclic amines) is 1. The van der Waals surface area contributed by atoms with E-state index in [1.54, 1.807) is 12.4 Å². The lowest BCUT2D eigenvalue weighted by atomic mass is 9.95. The molecule has 174 valence electrons. The van der Waals surface area contributed by atoms with Gasteiger partial charge in [-0.1, -0.05) is 12.1 Å². The molecule has 2 aromatic rings. The number of nitrogens with one attached hydrogen (secondary N) is 2. The minimum Gasteiger partial charge on any atom is -0.353 e. The van der Waals surface area contributed by atoms with Crippen LogP contribution in [0.15, 0.2) is 48.9 Å². The number of rotatable bonds is 4. The minimum absolute atomic E-state index is 0.0604. The normalized spacial score (nSPS) is 25.8. The van der Waals surface area contributed by atoms with Crippen LogP contribution >= 0.6 is 0 Å². The van der Waals surface area contributed by atoms with Gasteiger partial charge in [0.25, 0.3) is 0 Å². The van der Waals surface area contributed by atoms with Crippen LogP contribution in [-0.2, 0) is 9.59 Å². The number of carbonyl (C=O) groups is 2. The number of piperazine rings is 1. The maximum Gasteiger partial charge on any atom is 0.241 e. The van der Waals surface area contributed by atoms with Crippen molar-refractivity contribution in [1.29, 1.82) is 0 Å². The molecule has 0 saturated carbocycles. The predicted molar refractivity (Wildman–Crippen MR) is 124 cm³/mol. The van der Waals surface area contributed by atoms with Crippen molar-refractivity contribution in [2.45, 2.75) is 31.3 Å². The molecule has 3 unspecified atom stereocenters. The van der Waals surface area contributed by atoms with Crippen molar-refractivity contribution in [1.82, 2.24) is 30.6 Å². The molecule has 3 atom stereocenters. The lowest BCUT2D eigenvalue weighted by Gasteiger charge is -2.39. The Kier molecular flexibility index (Phi) is 6.50. The number of nitrogens with zero attached hydrogens (tertiary/aromatic N) is 5. The minimum atomic E-state index is -0.286. The number of hydrogen-bond acceptors (Lipinski definition) is 7. The van der Waals surface area contributed by atoms with Gasteiger partial charge in [-0.05, 0) is 43.0 Å². The van der Waals surface area contributed by atoms with E-state index >= 15 is 0 Å². The van der Waals surface area contributed by atoms with Crippen molar-refractivity contribution in [3.8, 4) is 0 Å². The first kappa shape index (κ1) is 21.8. The molecule has 0 radical (unpaired) electrons. The topological polar surface area (TPSA) is 93.7 Å². The zero-order valence-electron chi connectivity index (χ0n) is 18.8. The first-order valence-electron chi connectivity index (χ1n) is 11.8. The van der Waals surface area contributed by atoms with Gasteiger partial charge in [0.2, 0.25) is 11.8 Å². The van der Waals surface area contributed by atoms with Gasteiger partial charge >= 0.3 is 0 Å². The quantitative estimate of drug-likeness (QED) is 0.719. The second-order valence-corrected chi connectivity index (χ2v) is 9.04.